The fraction of sp³-hybridized carbons (Fsp3) is 0.500. The average molecular weight is 411 g/mol. The number of H-pyrrole nitrogens is 1. The van der Waals surface area contributed by atoms with Crippen molar-refractivity contribution in [3.63, 3.8) is 0 Å². The van der Waals surface area contributed by atoms with Crippen LogP contribution in [0.15, 0.2) is 34.2 Å². The lowest BCUT2D eigenvalue weighted by Crippen LogP contribution is -2.31. The topological polar surface area (TPSA) is 69.7 Å². The van der Waals surface area contributed by atoms with Crippen LogP contribution in [0.4, 0.5) is 0 Å². The van der Waals surface area contributed by atoms with E-state index in [1.165, 1.54) is 11.1 Å². The maximum absolute atomic E-state index is 12.4. The Morgan fingerprint density at radius 3 is 2.67 bits per heavy atom. The number of aryl methyl sites for hydroxylation is 2. The largest absolute Gasteiger partial charge is 0.362 e. The minimum absolute atomic E-state index is 0.0521. The van der Waals surface area contributed by atoms with Crippen molar-refractivity contribution >= 4 is 6.21 Å². The molecule has 0 saturated heterocycles. The molecule has 1 aromatic carbocycles. The van der Waals surface area contributed by atoms with Crippen molar-refractivity contribution in [2.24, 2.45) is 10.5 Å². The van der Waals surface area contributed by atoms with E-state index in [4.69, 9.17) is 4.74 Å². The lowest BCUT2D eigenvalue weighted by atomic mass is 9.80. The molecule has 6 nitrogen and oxygen atoms in total. The van der Waals surface area contributed by atoms with Gasteiger partial charge in [0.1, 0.15) is 6.23 Å². The number of hydrogen-bond acceptors (Lipinski definition) is 5. The quantitative estimate of drug-likeness (QED) is 0.674. The molecule has 1 aliphatic rings. The lowest BCUT2D eigenvalue weighted by molar-refractivity contribution is 0.0711. The molecule has 0 radical (unpaired) electrons. The molecule has 1 aliphatic heterocycles. The molecule has 0 amide bonds. The molecular weight excluding hydrogens is 376 g/mol. The number of hydrazone groups is 1. The Bertz CT molecular complexity index is 993. The smallest absolute Gasteiger partial charge is 0.252 e. The van der Waals surface area contributed by atoms with E-state index in [0.717, 1.165) is 28.9 Å². The zero-order valence-corrected chi connectivity index (χ0v) is 19.2. The van der Waals surface area contributed by atoms with E-state index in [1.807, 2.05) is 26.1 Å². The molecule has 2 atom stereocenters. The van der Waals surface area contributed by atoms with Crippen LogP contribution in [0, 0.1) is 26.2 Å². The minimum Gasteiger partial charge on any atom is -0.362 e. The van der Waals surface area contributed by atoms with Crippen LogP contribution in [0.25, 0.3) is 0 Å². The molecule has 2 N–H and O–H groups in total. The number of nitrogens with zero attached hydrogens (tertiary/aromatic N) is 2. The van der Waals surface area contributed by atoms with Crippen molar-refractivity contribution in [1.82, 2.24) is 15.3 Å². The first-order valence-electron chi connectivity index (χ1n) is 10.6. The summed E-state index contributed by atoms with van der Waals surface area (Å²) >= 11 is 0. The van der Waals surface area contributed by atoms with Gasteiger partial charge in [0.05, 0.1) is 6.04 Å². The minimum atomic E-state index is -0.314. The molecule has 2 unspecified atom stereocenters. The Hall–Kier alpha value is -2.44. The van der Waals surface area contributed by atoms with Crippen LogP contribution in [0.5, 0.6) is 0 Å². The molecule has 1 aromatic heterocycles. The Labute approximate surface area is 179 Å². The number of benzene rings is 1. The maximum Gasteiger partial charge on any atom is 0.252 e. The van der Waals surface area contributed by atoms with Gasteiger partial charge in [0.15, 0.2) is 0 Å². The highest BCUT2D eigenvalue weighted by molar-refractivity contribution is 5.69. The van der Waals surface area contributed by atoms with Crippen LogP contribution in [-0.4, -0.2) is 29.9 Å². The predicted octanol–water partition coefficient (Wildman–Crippen LogP) is 4.12. The summed E-state index contributed by atoms with van der Waals surface area (Å²) in [5, 5.41) is 10.2. The van der Waals surface area contributed by atoms with Gasteiger partial charge < -0.3 is 9.72 Å². The first-order valence-corrected chi connectivity index (χ1v) is 10.6. The van der Waals surface area contributed by atoms with E-state index in [2.05, 4.69) is 66.3 Å². The number of nitrogens with one attached hydrogen (secondary N) is 2. The summed E-state index contributed by atoms with van der Waals surface area (Å²) in [5.41, 5.74) is 6.00. The molecule has 0 saturated carbocycles. The van der Waals surface area contributed by atoms with E-state index in [0.29, 0.717) is 6.54 Å². The van der Waals surface area contributed by atoms with Gasteiger partial charge in [0.25, 0.3) is 5.56 Å². The first-order chi connectivity index (χ1) is 14.2. The van der Waals surface area contributed by atoms with Gasteiger partial charge in [0.2, 0.25) is 0 Å². The van der Waals surface area contributed by atoms with E-state index < -0.39 is 0 Å². The van der Waals surface area contributed by atoms with Gasteiger partial charge >= 0.3 is 0 Å². The maximum atomic E-state index is 12.4. The van der Waals surface area contributed by atoms with Crippen molar-refractivity contribution in [3.05, 3.63) is 68.1 Å². The molecule has 162 valence electrons. The molecule has 0 fully saturated rings. The van der Waals surface area contributed by atoms with Gasteiger partial charge in [-0.05, 0) is 56.0 Å². The summed E-state index contributed by atoms with van der Waals surface area (Å²) in [7, 11) is 1.69. The van der Waals surface area contributed by atoms with Crippen LogP contribution in [0.1, 0.15) is 66.6 Å². The van der Waals surface area contributed by atoms with E-state index >= 15 is 0 Å². The number of ether oxygens (including phenoxy) is 1. The lowest BCUT2D eigenvalue weighted by Gasteiger charge is -2.34. The molecule has 6 heteroatoms. The molecular formula is C24H34N4O2. The number of aromatic amines is 1. The summed E-state index contributed by atoms with van der Waals surface area (Å²) < 4.78 is 5.80. The predicted molar refractivity (Wildman–Crippen MR) is 122 cm³/mol. The molecule has 3 rings (SSSR count). The molecule has 30 heavy (non-hydrogen) atoms. The van der Waals surface area contributed by atoms with E-state index in [1.54, 1.807) is 7.11 Å². The Balaban J connectivity index is 1.90. The molecule has 2 heterocycles. The van der Waals surface area contributed by atoms with Gasteiger partial charge in [-0.1, -0.05) is 32.0 Å². The van der Waals surface area contributed by atoms with Crippen LogP contribution < -0.4 is 10.9 Å². The second kappa shape index (κ2) is 8.74. The highest BCUT2D eigenvalue weighted by Crippen LogP contribution is 2.43. The van der Waals surface area contributed by atoms with Crippen LogP contribution in [0.2, 0.25) is 0 Å². The Morgan fingerprint density at radius 2 is 2.03 bits per heavy atom. The second-order valence-corrected chi connectivity index (χ2v) is 8.73. The summed E-state index contributed by atoms with van der Waals surface area (Å²) in [6.07, 6.45) is 1.73. The van der Waals surface area contributed by atoms with Crippen LogP contribution >= 0.6 is 0 Å². The Morgan fingerprint density at radius 1 is 1.30 bits per heavy atom. The number of methoxy groups -OCH3 is 1. The highest BCUT2D eigenvalue weighted by Gasteiger charge is 2.39. The number of rotatable bonds is 7. The summed E-state index contributed by atoms with van der Waals surface area (Å²) in [6.45, 7) is 13.9. The summed E-state index contributed by atoms with van der Waals surface area (Å²) in [6, 6.07) is 8.53. The van der Waals surface area contributed by atoms with Crippen molar-refractivity contribution in [2.75, 3.05) is 13.7 Å². The SMILES string of the molecule is CCN1N=CC(C)(C)C1c1cccc(C(NCc2c(C)cc(C)[nH]c2=O)OC)c1C. The standard InChI is InChI=1S/C24H34N4O2/c1-8-28-21(24(5,6)14-26-28)18-10-9-11-19(17(18)4)23(30-7)25-13-20-15(2)12-16(3)27-22(20)29/h9-12,14,21,23,25H,8,13H2,1-7H3,(H,27,29). The number of pyridine rings is 1. The zero-order chi connectivity index (χ0) is 22.1. The second-order valence-electron chi connectivity index (χ2n) is 8.73. The van der Waals surface area contributed by atoms with Gasteiger partial charge in [0, 0.05) is 43.1 Å². The third kappa shape index (κ3) is 4.20. The molecule has 0 spiro atoms. The van der Waals surface area contributed by atoms with Crippen molar-refractivity contribution in [2.45, 2.75) is 60.4 Å². The van der Waals surface area contributed by atoms with Crippen molar-refractivity contribution in [3.8, 4) is 0 Å². The molecule has 0 aliphatic carbocycles. The van der Waals surface area contributed by atoms with Crippen molar-refractivity contribution < 1.29 is 4.74 Å². The third-order valence-electron chi connectivity index (χ3n) is 6.05. The van der Waals surface area contributed by atoms with Gasteiger partial charge in [-0.25, -0.2) is 0 Å². The Kier molecular flexibility index (Phi) is 6.48. The average Bonchev–Trinajstić information content (AvgIpc) is 2.99. The monoisotopic (exact) mass is 410 g/mol. The normalized spacial score (nSPS) is 18.8. The number of hydrogen-bond donors (Lipinski definition) is 2. The number of aromatic nitrogens is 1. The van der Waals surface area contributed by atoms with E-state index in [-0.39, 0.29) is 23.2 Å². The van der Waals surface area contributed by atoms with Gasteiger partial charge in [-0.2, -0.15) is 5.10 Å². The highest BCUT2D eigenvalue weighted by atomic mass is 16.5. The fourth-order valence-corrected chi connectivity index (χ4v) is 4.44. The van der Waals surface area contributed by atoms with Crippen LogP contribution in [0.3, 0.4) is 0 Å². The first kappa shape index (κ1) is 22.2. The van der Waals surface area contributed by atoms with Gasteiger partial charge in [-0.15, -0.1) is 0 Å². The summed E-state index contributed by atoms with van der Waals surface area (Å²) in [5.74, 6) is 0. The zero-order valence-electron chi connectivity index (χ0n) is 19.2. The fourth-order valence-electron chi connectivity index (χ4n) is 4.44. The van der Waals surface area contributed by atoms with Crippen molar-refractivity contribution in [1.29, 1.82) is 0 Å². The van der Waals surface area contributed by atoms with E-state index in [9.17, 15) is 4.79 Å². The third-order valence-corrected chi connectivity index (χ3v) is 6.05. The molecule has 2 aromatic rings. The van der Waals surface area contributed by atoms with Crippen LogP contribution in [-0.2, 0) is 11.3 Å². The molecule has 0 bridgehead atoms. The van der Waals surface area contributed by atoms with Gasteiger partial charge in [-0.3, -0.25) is 15.1 Å². The summed E-state index contributed by atoms with van der Waals surface area (Å²) in [4.78, 5) is 15.3.